The minimum absolute atomic E-state index is 0.802. The van der Waals surface area contributed by atoms with Crippen molar-refractivity contribution >= 4 is 77.6 Å². The fourth-order valence-corrected chi connectivity index (χ4v) is 7.34. The Morgan fingerprint density at radius 2 is 0.889 bits per heavy atom. The first-order chi connectivity index (χ1) is 22.3. The summed E-state index contributed by atoms with van der Waals surface area (Å²) in [4.78, 5) is 10.3. The first-order valence-electron chi connectivity index (χ1n) is 15.0. The standard InChI is InChI=1S/C38H22N6O/c1-10-20-34-23(11-1)35-32(43-30-18-8-6-16-28(30)41-26-14-4-2-12-24(26)39-37(41)43)21-22-33(36(35)45-34)44-31-19-9-7-17-29(31)42-27-15-5-3-13-25(27)40-38(42)44/h1-22H. The van der Waals surface area contributed by atoms with Crippen molar-refractivity contribution in [2.45, 2.75) is 0 Å². The summed E-state index contributed by atoms with van der Waals surface area (Å²) in [6.07, 6.45) is 0. The average Bonchev–Trinajstić information content (AvgIpc) is 3.88. The molecule has 0 fully saturated rings. The van der Waals surface area contributed by atoms with Gasteiger partial charge in [0.1, 0.15) is 5.58 Å². The number of hydrogen-bond donors (Lipinski definition) is 0. The fourth-order valence-electron chi connectivity index (χ4n) is 7.34. The number of aromatic nitrogens is 6. The lowest BCUT2D eigenvalue weighted by Crippen LogP contribution is -2.00. The van der Waals surface area contributed by atoms with Crippen molar-refractivity contribution in [3.8, 4) is 11.4 Å². The highest BCUT2D eigenvalue weighted by molar-refractivity contribution is 6.13. The van der Waals surface area contributed by atoms with Crippen LogP contribution in [0.2, 0.25) is 0 Å². The Bertz CT molecular complexity index is 3000. The highest BCUT2D eigenvalue weighted by Crippen LogP contribution is 2.41. The van der Waals surface area contributed by atoms with Crippen molar-refractivity contribution in [1.82, 2.24) is 27.9 Å². The van der Waals surface area contributed by atoms with Gasteiger partial charge in [0.15, 0.2) is 5.58 Å². The smallest absolute Gasteiger partial charge is 0.220 e. The Labute approximate surface area is 254 Å². The summed E-state index contributed by atoms with van der Waals surface area (Å²) >= 11 is 0. The molecule has 7 nitrogen and oxygen atoms in total. The number of benzene rings is 6. The summed E-state index contributed by atoms with van der Waals surface area (Å²) in [6, 6.07) is 46.3. The third-order valence-corrected chi connectivity index (χ3v) is 9.18. The molecular weight excluding hydrogens is 556 g/mol. The van der Waals surface area contributed by atoms with Crippen LogP contribution in [0, 0.1) is 0 Å². The van der Waals surface area contributed by atoms with Gasteiger partial charge in [-0.15, -0.1) is 0 Å². The van der Waals surface area contributed by atoms with E-state index in [0.29, 0.717) is 0 Å². The maximum Gasteiger partial charge on any atom is 0.220 e. The molecule has 11 aromatic rings. The second-order valence-electron chi connectivity index (χ2n) is 11.5. The SMILES string of the molecule is c1ccc2c(c1)nc1n(-c3ccc(-n4c5ccccc5n5c6ccccc6nc45)c4c3oc3ccccc34)c3ccccc3n21. The van der Waals surface area contributed by atoms with Gasteiger partial charge in [-0.25, -0.2) is 9.97 Å². The van der Waals surface area contributed by atoms with Gasteiger partial charge in [-0.2, -0.15) is 0 Å². The molecule has 0 saturated heterocycles. The molecule has 0 aliphatic rings. The average molecular weight is 579 g/mol. The van der Waals surface area contributed by atoms with E-state index < -0.39 is 0 Å². The number of imidazole rings is 4. The van der Waals surface area contributed by atoms with E-state index in [1.807, 2.05) is 24.3 Å². The van der Waals surface area contributed by atoms with E-state index in [2.05, 4.69) is 127 Å². The summed E-state index contributed by atoms with van der Waals surface area (Å²) in [5.74, 6) is 1.71. The fraction of sp³-hybridized carbons (Fsp3) is 0. The first-order valence-corrected chi connectivity index (χ1v) is 15.0. The molecule has 6 aromatic carbocycles. The maximum atomic E-state index is 6.80. The predicted octanol–water partition coefficient (Wildman–Crippen LogP) is 9.08. The molecule has 0 bridgehead atoms. The van der Waals surface area contributed by atoms with Crippen LogP contribution in [0.5, 0.6) is 0 Å². The van der Waals surface area contributed by atoms with Gasteiger partial charge < -0.3 is 4.42 Å². The number of para-hydroxylation sites is 9. The first kappa shape index (κ1) is 23.2. The molecule has 5 aromatic heterocycles. The zero-order valence-electron chi connectivity index (χ0n) is 23.8. The van der Waals surface area contributed by atoms with Crippen LogP contribution in [0.15, 0.2) is 138 Å². The van der Waals surface area contributed by atoms with Gasteiger partial charge in [0.25, 0.3) is 0 Å². The second kappa shape index (κ2) is 8.18. The highest BCUT2D eigenvalue weighted by Gasteiger charge is 2.25. The lowest BCUT2D eigenvalue weighted by molar-refractivity contribution is 0.666. The van der Waals surface area contributed by atoms with Crippen LogP contribution in [0.25, 0.3) is 89.0 Å². The van der Waals surface area contributed by atoms with E-state index in [-0.39, 0.29) is 0 Å². The normalized spacial score (nSPS) is 12.4. The van der Waals surface area contributed by atoms with Crippen LogP contribution in [0.4, 0.5) is 0 Å². The number of nitrogens with zero attached hydrogens (tertiary/aromatic N) is 6. The van der Waals surface area contributed by atoms with Crippen LogP contribution in [0.3, 0.4) is 0 Å². The molecule has 0 unspecified atom stereocenters. The monoisotopic (exact) mass is 578 g/mol. The number of furan rings is 1. The van der Waals surface area contributed by atoms with E-state index in [1.165, 1.54) is 0 Å². The maximum absolute atomic E-state index is 6.80. The van der Waals surface area contributed by atoms with E-state index in [4.69, 9.17) is 14.4 Å². The van der Waals surface area contributed by atoms with Crippen LogP contribution < -0.4 is 0 Å². The zero-order chi connectivity index (χ0) is 29.2. The van der Waals surface area contributed by atoms with Crippen molar-refractivity contribution in [3.63, 3.8) is 0 Å². The van der Waals surface area contributed by atoms with E-state index >= 15 is 0 Å². The number of hydrogen-bond acceptors (Lipinski definition) is 3. The largest absolute Gasteiger partial charge is 0.454 e. The Kier molecular flexibility index (Phi) is 4.21. The van der Waals surface area contributed by atoms with Crippen molar-refractivity contribution in [2.75, 3.05) is 0 Å². The van der Waals surface area contributed by atoms with Crippen LogP contribution in [0.1, 0.15) is 0 Å². The topological polar surface area (TPSA) is 57.6 Å². The molecule has 45 heavy (non-hydrogen) atoms. The number of fused-ring (bicyclic) bond motifs is 13. The minimum Gasteiger partial charge on any atom is -0.454 e. The molecule has 7 heteroatoms. The van der Waals surface area contributed by atoms with E-state index in [1.54, 1.807) is 0 Å². The second-order valence-corrected chi connectivity index (χ2v) is 11.5. The lowest BCUT2D eigenvalue weighted by Gasteiger charge is -2.11. The minimum atomic E-state index is 0.802. The van der Waals surface area contributed by atoms with Crippen molar-refractivity contribution in [3.05, 3.63) is 133 Å². The van der Waals surface area contributed by atoms with Crippen LogP contribution in [-0.4, -0.2) is 27.9 Å². The van der Waals surface area contributed by atoms with Crippen molar-refractivity contribution in [1.29, 1.82) is 0 Å². The third-order valence-electron chi connectivity index (χ3n) is 9.18. The molecule has 5 heterocycles. The van der Waals surface area contributed by atoms with Crippen LogP contribution in [-0.2, 0) is 0 Å². The van der Waals surface area contributed by atoms with Gasteiger partial charge in [0.05, 0.1) is 60.9 Å². The molecule has 11 rings (SSSR count). The Morgan fingerprint density at radius 3 is 1.51 bits per heavy atom. The summed E-state index contributed by atoms with van der Waals surface area (Å²) in [7, 11) is 0. The summed E-state index contributed by atoms with van der Waals surface area (Å²) in [5, 5.41) is 2.09. The molecule has 0 aliphatic heterocycles. The highest BCUT2D eigenvalue weighted by atomic mass is 16.3. The molecule has 0 aliphatic carbocycles. The molecule has 0 radical (unpaired) electrons. The number of rotatable bonds is 2. The Balaban J connectivity index is 1.32. The quantitative estimate of drug-likeness (QED) is 0.206. The molecule has 0 spiro atoms. The van der Waals surface area contributed by atoms with E-state index in [0.717, 1.165) is 89.0 Å². The van der Waals surface area contributed by atoms with E-state index in [9.17, 15) is 0 Å². The zero-order valence-corrected chi connectivity index (χ0v) is 23.8. The molecule has 0 amide bonds. The van der Waals surface area contributed by atoms with Crippen molar-refractivity contribution < 1.29 is 4.42 Å². The Morgan fingerprint density at radius 1 is 0.422 bits per heavy atom. The molecule has 0 atom stereocenters. The summed E-state index contributed by atoms with van der Waals surface area (Å²) < 4.78 is 15.8. The summed E-state index contributed by atoms with van der Waals surface area (Å²) in [6.45, 7) is 0. The third kappa shape index (κ3) is 2.85. The van der Waals surface area contributed by atoms with Gasteiger partial charge in [0.2, 0.25) is 11.6 Å². The molecular formula is C38H22N6O. The molecule has 0 saturated carbocycles. The van der Waals surface area contributed by atoms with Gasteiger partial charge in [-0.3, -0.25) is 17.9 Å². The van der Waals surface area contributed by atoms with Gasteiger partial charge >= 0.3 is 0 Å². The van der Waals surface area contributed by atoms with Gasteiger partial charge in [0, 0.05) is 5.39 Å². The Hall–Kier alpha value is -6.34. The van der Waals surface area contributed by atoms with Gasteiger partial charge in [-0.05, 0) is 66.7 Å². The summed E-state index contributed by atoms with van der Waals surface area (Å²) in [5.41, 5.74) is 12.0. The van der Waals surface area contributed by atoms with Crippen LogP contribution >= 0.6 is 0 Å². The molecule has 0 N–H and O–H groups in total. The lowest BCUT2D eigenvalue weighted by atomic mass is 10.1. The predicted molar refractivity (Wildman–Crippen MR) is 180 cm³/mol. The molecule has 210 valence electrons. The van der Waals surface area contributed by atoms with Gasteiger partial charge in [-0.1, -0.05) is 66.7 Å². The van der Waals surface area contributed by atoms with Crippen molar-refractivity contribution in [2.24, 2.45) is 0 Å².